The Kier molecular flexibility index (Phi) is 4.96. The van der Waals surface area contributed by atoms with Crippen molar-refractivity contribution in [1.82, 2.24) is 15.1 Å². The largest absolute Gasteiger partial charge is 0.323 e. The first-order valence-electron chi connectivity index (χ1n) is 7.22. The van der Waals surface area contributed by atoms with Crippen LogP contribution in [0.5, 0.6) is 0 Å². The fourth-order valence-corrected chi connectivity index (χ4v) is 2.69. The highest BCUT2D eigenvalue weighted by atomic mass is 16.1. The molecule has 0 bridgehead atoms. The molecule has 2 rings (SSSR count). The molecule has 106 valence electrons. The van der Waals surface area contributed by atoms with Crippen molar-refractivity contribution >= 4 is 11.6 Å². The van der Waals surface area contributed by atoms with Crippen LogP contribution in [0.4, 0.5) is 5.69 Å². The van der Waals surface area contributed by atoms with Crippen molar-refractivity contribution in [1.29, 1.82) is 0 Å². The second-order valence-corrected chi connectivity index (χ2v) is 5.40. The third-order valence-corrected chi connectivity index (χ3v) is 3.94. The second kappa shape index (κ2) is 6.70. The molecule has 1 unspecified atom stereocenters. The van der Waals surface area contributed by atoms with Crippen LogP contribution < -0.4 is 10.6 Å². The highest BCUT2D eigenvalue weighted by Crippen LogP contribution is 2.24. The molecule has 1 aromatic rings. The maximum absolute atomic E-state index is 12.0. The number of hydrogen-bond donors (Lipinski definition) is 2. The predicted molar refractivity (Wildman–Crippen MR) is 75.9 cm³/mol. The average Bonchev–Trinajstić information content (AvgIpc) is 2.87. The number of hydrogen-bond acceptors (Lipinski definition) is 3. The number of aryl methyl sites for hydroxylation is 1. The van der Waals surface area contributed by atoms with E-state index < -0.39 is 0 Å². The fourth-order valence-electron chi connectivity index (χ4n) is 2.69. The number of nitrogens with one attached hydrogen (secondary N) is 2. The van der Waals surface area contributed by atoms with Gasteiger partial charge >= 0.3 is 0 Å². The SMILES string of the molecule is CCn1cc(NC(=O)CC(C)C2CCNCC2)cn1. The van der Waals surface area contributed by atoms with Crippen molar-refractivity contribution in [2.75, 3.05) is 18.4 Å². The van der Waals surface area contributed by atoms with Crippen LogP contribution in [0.15, 0.2) is 12.4 Å². The Morgan fingerprint density at radius 1 is 1.58 bits per heavy atom. The summed E-state index contributed by atoms with van der Waals surface area (Å²) in [6.45, 7) is 7.20. The van der Waals surface area contributed by atoms with Crippen LogP contribution in [-0.4, -0.2) is 28.8 Å². The van der Waals surface area contributed by atoms with E-state index in [9.17, 15) is 4.79 Å². The summed E-state index contributed by atoms with van der Waals surface area (Å²) >= 11 is 0. The van der Waals surface area contributed by atoms with Crippen LogP contribution >= 0.6 is 0 Å². The molecular weight excluding hydrogens is 240 g/mol. The van der Waals surface area contributed by atoms with Crippen molar-refractivity contribution in [2.24, 2.45) is 11.8 Å². The minimum Gasteiger partial charge on any atom is -0.323 e. The number of nitrogens with zero attached hydrogens (tertiary/aromatic N) is 2. The summed E-state index contributed by atoms with van der Waals surface area (Å²) in [7, 11) is 0. The zero-order chi connectivity index (χ0) is 13.7. The van der Waals surface area contributed by atoms with E-state index >= 15 is 0 Å². The Morgan fingerprint density at radius 3 is 2.95 bits per heavy atom. The first-order chi connectivity index (χ1) is 9.19. The normalized spacial score (nSPS) is 18.2. The number of amides is 1. The Morgan fingerprint density at radius 2 is 2.32 bits per heavy atom. The maximum atomic E-state index is 12.0. The van der Waals surface area contributed by atoms with Gasteiger partial charge in [-0.2, -0.15) is 5.10 Å². The average molecular weight is 264 g/mol. The highest BCUT2D eigenvalue weighted by Gasteiger charge is 2.22. The fraction of sp³-hybridized carbons (Fsp3) is 0.714. The summed E-state index contributed by atoms with van der Waals surface area (Å²) in [5.74, 6) is 1.22. The number of piperidine rings is 1. The van der Waals surface area contributed by atoms with Gasteiger partial charge < -0.3 is 10.6 Å². The van der Waals surface area contributed by atoms with Crippen molar-refractivity contribution in [3.63, 3.8) is 0 Å². The molecule has 0 aromatic carbocycles. The molecule has 0 saturated carbocycles. The molecule has 1 aliphatic rings. The van der Waals surface area contributed by atoms with Gasteiger partial charge in [-0.15, -0.1) is 0 Å². The number of carbonyl (C=O) groups excluding carboxylic acids is 1. The topological polar surface area (TPSA) is 59.0 Å². The van der Waals surface area contributed by atoms with Crippen LogP contribution in [0.25, 0.3) is 0 Å². The molecule has 2 N–H and O–H groups in total. The van der Waals surface area contributed by atoms with Gasteiger partial charge in [0.05, 0.1) is 11.9 Å². The van der Waals surface area contributed by atoms with E-state index in [-0.39, 0.29) is 5.91 Å². The van der Waals surface area contributed by atoms with Gasteiger partial charge in [-0.3, -0.25) is 9.48 Å². The quantitative estimate of drug-likeness (QED) is 0.853. The number of rotatable bonds is 5. The van der Waals surface area contributed by atoms with Gasteiger partial charge in [0.2, 0.25) is 5.91 Å². The third-order valence-electron chi connectivity index (χ3n) is 3.94. The van der Waals surface area contributed by atoms with Crippen molar-refractivity contribution < 1.29 is 4.79 Å². The molecule has 1 atom stereocenters. The molecule has 1 saturated heterocycles. The summed E-state index contributed by atoms with van der Waals surface area (Å²) in [4.78, 5) is 12.0. The molecule has 0 radical (unpaired) electrons. The van der Waals surface area contributed by atoms with E-state index in [4.69, 9.17) is 0 Å². The van der Waals surface area contributed by atoms with E-state index in [2.05, 4.69) is 22.7 Å². The Hall–Kier alpha value is -1.36. The first-order valence-corrected chi connectivity index (χ1v) is 7.22. The summed E-state index contributed by atoms with van der Waals surface area (Å²) < 4.78 is 1.81. The Bertz CT molecular complexity index is 409. The number of anilines is 1. The molecule has 0 spiro atoms. The number of carbonyl (C=O) groups is 1. The zero-order valence-corrected chi connectivity index (χ0v) is 11.9. The van der Waals surface area contributed by atoms with Gasteiger partial charge in [-0.1, -0.05) is 6.92 Å². The van der Waals surface area contributed by atoms with Gasteiger partial charge in [0, 0.05) is 19.2 Å². The number of aromatic nitrogens is 2. The van der Waals surface area contributed by atoms with Crippen molar-refractivity contribution in [3.8, 4) is 0 Å². The molecule has 1 aliphatic heterocycles. The molecule has 0 aliphatic carbocycles. The van der Waals surface area contributed by atoms with Crippen LogP contribution in [0.3, 0.4) is 0 Å². The molecule has 19 heavy (non-hydrogen) atoms. The highest BCUT2D eigenvalue weighted by molar-refractivity contribution is 5.90. The van der Waals surface area contributed by atoms with Gasteiger partial charge in [-0.05, 0) is 44.7 Å². The third kappa shape index (κ3) is 4.06. The molecule has 2 heterocycles. The van der Waals surface area contributed by atoms with E-state index in [1.807, 2.05) is 17.8 Å². The van der Waals surface area contributed by atoms with Crippen LogP contribution in [0.1, 0.15) is 33.1 Å². The maximum Gasteiger partial charge on any atom is 0.224 e. The van der Waals surface area contributed by atoms with Gasteiger partial charge in [0.15, 0.2) is 0 Å². The van der Waals surface area contributed by atoms with Crippen LogP contribution in [-0.2, 0) is 11.3 Å². The van der Waals surface area contributed by atoms with E-state index in [1.165, 1.54) is 12.8 Å². The Balaban J connectivity index is 1.79. The summed E-state index contributed by atoms with van der Waals surface area (Å²) in [6.07, 6.45) is 6.54. The molecule has 5 heteroatoms. The first kappa shape index (κ1) is 14.1. The van der Waals surface area contributed by atoms with Crippen molar-refractivity contribution in [2.45, 2.75) is 39.7 Å². The monoisotopic (exact) mass is 264 g/mol. The van der Waals surface area contributed by atoms with Crippen molar-refractivity contribution in [3.05, 3.63) is 12.4 Å². The minimum atomic E-state index is 0.0988. The second-order valence-electron chi connectivity index (χ2n) is 5.40. The summed E-state index contributed by atoms with van der Waals surface area (Å²) in [5, 5.41) is 10.4. The van der Waals surface area contributed by atoms with E-state index in [0.717, 1.165) is 25.3 Å². The van der Waals surface area contributed by atoms with Crippen LogP contribution in [0.2, 0.25) is 0 Å². The lowest BCUT2D eigenvalue weighted by molar-refractivity contribution is -0.117. The smallest absolute Gasteiger partial charge is 0.224 e. The summed E-state index contributed by atoms with van der Waals surface area (Å²) in [5.41, 5.74) is 0.796. The zero-order valence-electron chi connectivity index (χ0n) is 11.9. The summed E-state index contributed by atoms with van der Waals surface area (Å²) in [6, 6.07) is 0. The lowest BCUT2D eigenvalue weighted by atomic mass is 9.84. The van der Waals surface area contributed by atoms with E-state index in [0.29, 0.717) is 18.3 Å². The van der Waals surface area contributed by atoms with Gasteiger partial charge in [-0.25, -0.2) is 0 Å². The molecule has 5 nitrogen and oxygen atoms in total. The predicted octanol–water partition coefficient (Wildman–Crippen LogP) is 1.87. The van der Waals surface area contributed by atoms with Gasteiger partial charge in [0.1, 0.15) is 0 Å². The molecule has 1 aromatic heterocycles. The molecular formula is C14H24N4O. The standard InChI is InChI=1S/C14H24N4O/c1-3-18-10-13(9-16-18)17-14(19)8-11(2)12-4-6-15-7-5-12/h9-12,15H,3-8H2,1-2H3,(H,17,19). The lowest BCUT2D eigenvalue weighted by Crippen LogP contribution is -2.32. The van der Waals surface area contributed by atoms with E-state index in [1.54, 1.807) is 6.20 Å². The molecule has 1 fully saturated rings. The minimum absolute atomic E-state index is 0.0988. The van der Waals surface area contributed by atoms with Crippen LogP contribution in [0, 0.1) is 11.8 Å². The van der Waals surface area contributed by atoms with Gasteiger partial charge in [0.25, 0.3) is 0 Å². The Labute approximate surface area is 114 Å². The molecule has 1 amide bonds. The lowest BCUT2D eigenvalue weighted by Gasteiger charge is -2.27.